The van der Waals surface area contributed by atoms with Gasteiger partial charge >= 0.3 is 0 Å². The molecule has 0 aromatic heterocycles. The van der Waals surface area contributed by atoms with E-state index in [-0.39, 0.29) is 5.75 Å². The average molecular weight is 350 g/mol. The predicted octanol–water partition coefficient (Wildman–Crippen LogP) is 4.23. The first-order chi connectivity index (χ1) is 10.0. The standard InChI is InChI=1S/C16H16BrNO3/c1-10-4-5-13(14(19)6-10)18-9-11-7-12(17)16(21-3)8-15(11)20-2/h4-9,19H,1-3H3. The van der Waals surface area contributed by atoms with Crippen molar-refractivity contribution in [1.29, 1.82) is 0 Å². The van der Waals surface area contributed by atoms with E-state index in [1.165, 1.54) is 0 Å². The summed E-state index contributed by atoms with van der Waals surface area (Å²) in [4.78, 5) is 4.31. The number of hydrogen-bond donors (Lipinski definition) is 1. The van der Waals surface area contributed by atoms with Gasteiger partial charge in [-0.05, 0) is 46.6 Å². The predicted molar refractivity (Wildman–Crippen MR) is 87.3 cm³/mol. The number of halogens is 1. The fourth-order valence-corrected chi connectivity index (χ4v) is 2.39. The molecule has 21 heavy (non-hydrogen) atoms. The van der Waals surface area contributed by atoms with Gasteiger partial charge in [-0.1, -0.05) is 6.07 Å². The summed E-state index contributed by atoms with van der Waals surface area (Å²) in [5.41, 5.74) is 2.27. The zero-order valence-electron chi connectivity index (χ0n) is 12.1. The van der Waals surface area contributed by atoms with Crippen LogP contribution in [0.3, 0.4) is 0 Å². The molecule has 5 heteroatoms. The molecule has 0 radical (unpaired) electrons. The van der Waals surface area contributed by atoms with Crippen molar-refractivity contribution in [2.45, 2.75) is 6.92 Å². The Hall–Kier alpha value is -2.01. The molecule has 0 atom stereocenters. The Morgan fingerprint density at radius 2 is 1.81 bits per heavy atom. The third kappa shape index (κ3) is 3.55. The zero-order chi connectivity index (χ0) is 15.4. The summed E-state index contributed by atoms with van der Waals surface area (Å²) in [5, 5.41) is 9.86. The molecule has 0 unspecified atom stereocenters. The Kier molecular flexibility index (Phi) is 4.85. The Morgan fingerprint density at radius 1 is 1.10 bits per heavy atom. The highest BCUT2D eigenvalue weighted by Gasteiger charge is 2.08. The van der Waals surface area contributed by atoms with E-state index in [1.807, 2.05) is 19.1 Å². The van der Waals surface area contributed by atoms with Gasteiger partial charge in [-0.3, -0.25) is 4.99 Å². The second-order valence-corrected chi connectivity index (χ2v) is 5.33. The van der Waals surface area contributed by atoms with Crippen LogP contribution in [0, 0.1) is 6.92 Å². The lowest BCUT2D eigenvalue weighted by Gasteiger charge is -2.09. The van der Waals surface area contributed by atoms with Crippen molar-refractivity contribution in [1.82, 2.24) is 0 Å². The molecule has 110 valence electrons. The summed E-state index contributed by atoms with van der Waals surface area (Å²) in [6.07, 6.45) is 1.65. The lowest BCUT2D eigenvalue weighted by molar-refractivity contribution is 0.392. The van der Waals surface area contributed by atoms with E-state index in [1.54, 1.807) is 38.6 Å². The highest BCUT2D eigenvalue weighted by Crippen LogP contribution is 2.33. The van der Waals surface area contributed by atoms with Gasteiger partial charge in [0.15, 0.2) is 0 Å². The van der Waals surface area contributed by atoms with E-state index in [4.69, 9.17) is 9.47 Å². The molecule has 1 N–H and O–H groups in total. The van der Waals surface area contributed by atoms with Crippen LogP contribution in [0.4, 0.5) is 5.69 Å². The van der Waals surface area contributed by atoms with Crippen molar-refractivity contribution in [3.8, 4) is 17.2 Å². The van der Waals surface area contributed by atoms with Crippen molar-refractivity contribution in [2.75, 3.05) is 14.2 Å². The van der Waals surface area contributed by atoms with Crippen molar-refractivity contribution >= 4 is 27.8 Å². The van der Waals surface area contributed by atoms with Gasteiger partial charge in [0, 0.05) is 17.8 Å². The fraction of sp³-hybridized carbons (Fsp3) is 0.188. The molecule has 0 aliphatic heterocycles. The molecule has 2 aromatic carbocycles. The highest BCUT2D eigenvalue weighted by molar-refractivity contribution is 9.10. The Balaban J connectivity index is 2.38. The highest BCUT2D eigenvalue weighted by atomic mass is 79.9. The van der Waals surface area contributed by atoms with Gasteiger partial charge in [0.1, 0.15) is 22.9 Å². The van der Waals surface area contributed by atoms with Gasteiger partial charge in [-0.2, -0.15) is 0 Å². The number of phenols is 1. The number of methoxy groups -OCH3 is 2. The van der Waals surface area contributed by atoms with Crippen LogP contribution in [0.15, 0.2) is 39.8 Å². The van der Waals surface area contributed by atoms with Crippen molar-refractivity contribution in [3.63, 3.8) is 0 Å². The molecule has 0 aliphatic rings. The minimum atomic E-state index is 0.151. The maximum atomic E-state index is 9.86. The first kappa shape index (κ1) is 15.4. The number of phenolic OH excluding ortho intramolecular Hbond substituents is 1. The molecule has 0 spiro atoms. The van der Waals surface area contributed by atoms with E-state index >= 15 is 0 Å². The third-order valence-corrected chi connectivity index (χ3v) is 3.60. The zero-order valence-corrected chi connectivity index (χ0v) is 13.6. The van der Waals surface area contributed by atoms with E-state index in [2.05, 4.69) is 20.9 Å². The van der Waals surface area contributed by atoms with E-state index in [9.17, 15) is 5.11 Å². The molecular weight excluding hydrogens is 334 g/mol. The second-order valence-electron chi connectivity index (χ2n) is 4.48. The topological polar surface area (TPSA) is 51.0 Å². The molecule has 0 aliphatic carbocycles. The maximum absolute atomic E-state index is 9.86. The number of aromatic hydroxyl groups is 1. The summed E-state index contributed by atoms with van der Waals surface area (Å²) < 4.78 is 11.4. The maximum Gasteiger partial charge on any atom is 0.141 e. The summed E-state index contributed by atoms with van der Waals surface area (Å²) in [5.74, 6) is 1.48. The van der Waals surface area contributed by atoms with Gasteiger partial charge in [0.25, 0.3) is 0 Å². The molecule has 0 heterocycles. The van der Waals surface area contributed by atoms with Crippen molar-refractivity contribution < 1.29 is 14.6 Å². The second kappa shape index (κ2) is 6.63. The van der Waals surface area contributed by atoms with Gasteiger partial charge < -0.3 is 14.6 Å². The molecule has 0 amide bonds. The van der Waals surface area contributed by atoms with E-state index < -0.39 is 0 Å². The molecule has 0 saturated carbocycles. The SMILES string of the molecule is COc1cc(OC)c(C=Nc2ccc(C)cc2O)cc1Br. The van der Waals surface area contributed by atoms with Crippen LogP contribution >= 0.6 is 15.9 Å². The van der Waals surface area contributed by atoms with Gasteiger partial charge in [-0.25, -0.2) is 0 Å². The van der Waals surface area contributed by atoms with Crippen LogP contribution in [-0.4, -0.2) is 25.5 Å². The molecular formula is C16H16BrNO3. The normalized spacial score (nSPS) is 10.9. The van der Waals surface area contributed by atoms with E-state index in [0.29, 0.717) is 17.2 Å². The summed E-state index contributed by atoms with van der Waals surface area (Å²) in [6, 6.07) is 8.97. The first-order valence-corrected chi connectivity index (χ1v) is 7.09. The fourth-order valence-electron chi connectivity index (χ4n) is 1.87. The van der Waals surface area contributed by atoms with Gasteiger partial charge in [-0.15, -0.1) is 0 Å². The number of aryl methyl sites for hydroxylation is 1. The number of hydrogen-bond acceptors (Lipinski definition) is 4. The lowest BCUT2D eigenvalue weighted by atomic mass is 10.2. The number of ether oxygens (including phenoxy) is 2. The molecule has 2 aromatic rings. The largest absolute Gasteiger partial charge is 0.506 e. The Labute approximate surface area is 132 Å². The number of rotatable bonds is 4. The molecule has 4 nitrogen and oxygen atoms in total. The van der Waals surface area contributed by atoms with Crippen LogP contribution in [0.25, 0.3) is 0 Å². The van der Waals surface area contributed by atoms with Crippen LogP contribution in [0.5, 0.6) is 17.2 Å². The molecule has 0 saturated heterocycles. The van der Waals surface area contributed by atoms with Crippen LogP contribution in [0.2, 0.25) is 0 Å². The van der Waals surface area contributed by atoms with Gasteiger partial charge in [0.05, 0.1) is 18.7 Å². The van der Waals surface area contributed by atoms with Crippen LogP contribution in [-0.2, 0) is 0 Å². The number of nitrogens with zero attached hydrogens (tertiary/aromatic N) is 1. The Morgan fingerprint density at radius 3 is 2.43 bits per heavy atom. The van der Waals surface area contributed by atoms with E-state index in [0.717, 1.165) is 15.6 Å². The minimum absolute atomic E-state index is 0.151. The van der Waals surface area contributed by atoms with Gasteiger partial charge in [0.2, 0.25) is 0 Å². The van der Waals surface area contributed by atoms with Crippen LogP contribution in [0.1, 0.15) is 11.1 Å². The average Bonchev–Trinajstić information content (AvgIpc) is 2.46. The number of aliphatic imine (C=N–C) groups is 1. The van der Waals surface area contributed by atoms with Crippen molar-refractivity contribution in [2.24, 2.45) is 4.99 Å². The summed E-state index contributed by atoms with van der Waals surface area (Å²) in [6.45, 7) is 1.91. The molecule has 0 fully saturated rings. The number of benzene rings is 2. The van der Waals surface area contributed by atoms with Crippen LogP contribution < -0.4 is 9.47 Å². The third-order valence-electron chi connectivity index (χ3n) is 2.98. The Bertz CT molecular complexity index is 683. The summed E-state index contributed by atoms with van der Waals surface area (Å²) in [7, 11) is 3.18. The lowest BCUT2D eigenvalue weighted by Crippen LogP contribution is -1.94. The monoisotopic (exact) mass is 349 g/mol. The molecule has 2 rings (SSSR count). The smallest absolute Gasteiger partial charge is 0.141 e. The quantitative estimate of drug-likeness (QED) is 0.840. The molecule has 0 bridgehead atoms. The minimum Gasteiger partial charge on any atom is -0.506 e. The summed E-state index contributed by atoms with van der Waals surface area (Å²) >= 11 is 3.43. The first-order valence-electron chi connectivity index (χ1n) is 6.30. The van der Waals surface area contributed by atoms with Crippen molar-refractivity contribution in [3.05, 3.63) is 45.9 Å².